The van der Waals surface area contributed by atoms with Crippen LogP contribution in [0.2, 0.25) is 0 Å². The molecule has 2 heterocycles. The highest BCUT2D eigenvalue weighted by Gasteiger charge is 2.38. The Labute approximate surface area is 253 Å². The number of carbonyl (C=O) groups is 2. The highest BCUT2D eigenvalue weighted by atomic mass is 19.4. The zero-order valence-electron chi connectivity index (χ0n) is 24.3. The van der Waals surface area contributed by atoms with Gasteiger partial charge in [-0.3, -0.25) is 9.59 Å². The average Bonchev–Trinajstić information content (AvgIpc) is 3.84. The lowest BCUT2D eigenvalue weighted by molar-refractivity contribution is -0.605. The molecule has 2 amide bonds. The Kier molecular flexibility index (Phi) is 9.33. The summed E-state index contributed by atoms with van der Waals surface area (Å²) in [6.45, 7) is 1.98. The van der Waals surface area contributed by atoms with Crippen molar-refractivity contribution >= 4 is 23.2 Å². The fourth-order valence-corrected chi connectivity index (χ4v) is 5.52. The topological polar surface area (TPSA) is 109 Å². The summed E-state index contributed by atoms with van der Waals surface area (Å²) in [5, 5.41) is 25.7. The minimum Gasteiger partial charge on any atom is -0.619 e. The van der Waals surface area contributed by atoms with Gasteiger partial charge >= 0.3 is 6.18 Å². The summed E-state index contributed by atoms with van der Waals surface area (Å²) < 4.78 is 40.7. The molecule has 3 aromatic rings. The van der Waals surface area contributed by atoms with Gasteiger partial charge in [-0.1, -0.05) is 62.9 Å². The summed E-state index contributed by atoms with van der Waals surface area (Å²) >= 11 is 0. The van der Waals surface area contributed by atoms with Crippen LogP contribution in [-0.4, -0.2) is 34.9 Å². The Morgan fingerprint density at radius 3 is 2.52 bits per heavy atom. The number of benzene rings is 2. The van der Waals surface area contributed by atoms with Gasteiger partial charge in [0.15, 0.2) is 12.4 Å². The zero-order chi connectivity index (χ0) is 31.4. The normalized spacial score (nSPS) is 18.2. The second kappa shape index (κ2) is 13.2. The monoisotopic (exact) mass is 608 g/mol. The number of aromatic nitrogens is 1. The number of rotatable bonds is 11. The summed E-state index contributed by atoms with van der Waals surface area (Å²) in [6.07, 6.45) is 0.281. The predicted molar refractivity (Wildman–Crippen MR) is 158 cm³/mol. The average molecular weight is 609 g/mol. The molecule has 44 heavy (non-hydrogen) atoms. The van der Waals surface area contributed by atoms with E-state index in [2.05, 4.69) is 10.3 Å². The number of aliphatic imine (C=N–C) groups is 1. The first kappa shape index (κ1) is 31.2. The first-order valence-corrected chi connectivity index (χ1v) is 14.9. The molecule has 0 radical (unpaired) electrons. The van der Waals surface area contributed by atoms with Crippen LogP contribution in [-0.2, 0) is 22.3 Å². The maximum Gasteiger partial charge on any atom is 0.416 e. The molecule has 2 aromatic carbocycles. The molecule has 1 fully saturated rings. The van der Waals surface area contributed by atoms with Gasteiger partial charge in [0.1, 0.15) is 0 Å². The standard InChI is InChI=1S/C33H35F3N4O4/c1-2-3-10-28(41)26(18-21-11-12-21)31(42)38-30-32(43)40(20-22-7-6-17-39(44)19-22)27-9-5-4-8-25(27)29(37-30)23-13-15-24(16-14-23)33(34,35)36/h4-9,13-17,19,21,26,28,30,41H,2-3,10-12,18,20H2,1H3,(H,38,42)/t26-,28+,30?/m1/s1. The number of carbonyl (C=O) groups excluding carboxylic acids is 2. The van der Waals surface area contributed by atoms with E-state index in [1.165, 1.54) is 29.4 Å². The summed E-state index contributed by atoms with van der Waals surface area (Å²) in [5.41, 5.74) is 1.15. The Balaban J connectivity index is 1.56. The summed E-state index contributed by atoms with van der Waals surface area (Å²) in [6, 6.07) is 14.6. The van der Waals surface area contributed by atoms with Gasteiger partial charge in [0.2, 0.25) is 12.1 Å². The molecule has 2 aliphatic rings. The molecule has 1 unspecified atom stereocenters. The van der Waals surface area contributed by atoms with Crippen LogP contribution in [0.5, 0.6) is 0 Å². The maximum absolute atomic E-state index is 14.2. The number of nitrogens with one attached hydrogen (secondary N) is 1. The van der Waals surface area contributed by atoms with Crippen molar-refractivity contribution in [2.75, 3.05) is 4.90 Å². The predicted octanol–water partition coefficient (Wildman–Crippen LogP) is 5.13. The van der Waals surface area contributed by atoms with Gasteiger partial charge in [-0.25, -0.2) is 4.99 Å². The molecule has 232 valence electrons. The van der Waals surface area contributed by atoms with E-state index in [0.717, 1.165) is 37.8 Å². The van der Waals surface area contributed by atoms with Crippen LogP contribution in [0.15, 0.2) is 78.0 Å². The van der Waals surface area contributed by atoms with E-state index in [-0.39, 0.29) is 12.3 Å². The minimum absolute atomic E-state index is 0.0221. The van der Waals surface area contributed by atoms with Crippen LogP contribution in [0.1, 0.15) is 67.7 Å². The number of hydrogen-bond donors (Lipinski definition) is 2. The van der Waals surface area contributed by atoms with E-state index in [9.17, 15) is 33.1 Å². The van der Waals surface area contributed by atoms with Gasteiger partial charge in [0.25, 0.3) is 5.91 Å². The fourth-order valence-electron chi connectivity index (χ4n) is 5.52. The van der Waals surface area contributed by atoms with Crippen LogP contribution in [0.25, 0.3) is 0 Å². The largest absolute Gasteiger partial charge is 0.619 e. The van der Waals surface area contributed by atoms with E-state index in [0.29, 0.717) is 45.9 Å². The first-order valence-electron chi connectivity index (χ1n) is 14.9. The molecule has 0 saturated heterocycles. The second-order valence-electron chi connectivity index (χ2n) is 11.5. The van der Waals surface area contributed by atoms with E-state index in [1.807, 2.05) is 6.92 Å². The van der Waals surface area contributed by atoms with Crippen molar-refractivity contribution in [2.24, 2.45) is 16.8 Å². The van der Waals surface area contributed by atoms with Crippen molar-refractivity contribution in [3.63, 3.8) is 0 Å². The molecule has 2 N–H and O–H groups in total. The number of anilines is 1. The van der Waals surface area contributed by atoms with Crippen LogP contribution in [0, 0.1) is 17.0 Å². The highest BCUT2D eigenvalue weighted by Crippen LogP contribution is 2.37. The molecule has 0 spiro atoms. The third kappa shape index (κ3) is 7.27. The molecular formula is C33H35F3N4O4. The van der Waals surface area contributed by atoms with Crippen LogP contribution in [0.3, 0.4) is 0 Å². The zero-order valence-corrected chi connectivity index (χ0v) is 24.3. The second-order valence-corrected chi connectivity index (χ2v) is 11.5. The van der Waals surface area contributed by atoms with Gasteiger partial charge in [-0.2, -0.15) is 17.9 Å². The number of aliphatic hydroxyl groups excluding tert-OH is 1. The number of fused-ring (bicyclic) bond motifs is 1. The summed E-state index contributed by atoms with van der Waals surface area (Å²) in [5.74, 6) is -1.49. The number of para-hydroxylation sites is 1. The lowest BCUT2D eigenvalue weighted by Gasteiger charge is -2.27. The molecule has 0 bridgehead atoms. The Hall–Kier alpha value is -4.25. The summed E-state index contributed by atoms with van der Waals surface area (Å²) in [7, 11) is 0. The van der Waals surface area contributed by atoms with Crippen molar-refractivity contribution in [1.29, 1.82) is 0 Å². The number of nitrogens with zero attached hydrogens (tertiary/aromatic N) is 3. The Morgan fingerprint density at radius 2 is 1.86 bits per heavy atom. The van der Waals surface area contributed by atoms with Gasteiger partial charge in [-0.05, 0) is 43.0 Å². The van der Waals surface area contributed by atoms with Gasteiger partial charge in [0.05, 0.1) is 35.5 Å². The molecule has 1 saturated carbocycles. The van der Waals surface area contributed by atoms with Crippen molar-refractivity contribution < 1.29 is 32.6 Å². The van der Waals surface area contributed by atoms with Crippen LogP contribution in [0.4, 0.5) is 18.9 Å². The molecule has 11 heteroatoms. The maximum atomic E-state index is 14.2. The molecule has 3 atom stereocenters. The number of pyridine rings is 1. The molecular weight excluding hydrogens is 573 g/mol. The van der Waals surface area contributed by atoms with Crippen LogP contribution >= 0.6 is 0 Å². The Morgan fingerprint density at radius 1 is 1.14 bits per heavy atom. The third-order valence-electron chi connectivity index (χ3n) is 8.09. The van der Waals surface area contributed by atoms with Crippen molar-refractivity contribution in [3.8, 4) is 0 Å². The first-order chi connectivity index (χ1) is 21.0. The van der Waals surface area contributed by atoms with E-state index >= 15 is 0 Å². The number of amides is 2. The molecule has 1 aliphatic heterocycles. The van der Waals surface area contributed by atoms with Crippen molar-refractivity contribution in [2.45, 2.75) is 70.4 Å². The number of halogens is 3. The number of alkyl halides is 3. The van der Waals surface area contributed by atoms with Gasteiger partial charge in [-0.15, -0.1) is 0 Å². The quantitative estimate of drug-likeness (QED) is 0.232. The minimum atomic E-state index is -4.53. The van der Waals surface area contributed by atoms with E-state index in [1.54, 1.807) is 36.4 Å². The number of benzodiazepines with no additional fused rings is 1. The Bertz CT molecular complexity index is 1520. The van der Waals surface area contributed by atoms with Gasteiger partial charge < -0.3 is 20.5 Å². The van der Waals surface area contributed by atoms with Gasteiger partial charge in [0, 0.05) is 22.8 Å². The molecule has 1 aliphatic carbocycles. The van der Waals surface area contributed by atoms with E-state index in [4.69, 9.17) is 0 Å². The van der Waals surface area contributed by atoms with Crippen molar-refractivity contribution in [3.05, 3.63) is 101 Å². The highest BCUT2D eigenvalue weighted by molar-refractivity contribution is 6.20. The smallest absolute Gasteiger partial charge is 0.416 e. The number of aliphatic hydroxyl groups is 1. The molecule has 1 aromatic heterocycles. The third-order valence-corrected chi connectivity index (χ3v) is 8.09. The number of hydrogen-bond acceptors (Lipinski definition) is 5. The van der Waals surface area contributed by atoms with E-state index < -0.39 is 41.7 Å². The fraction of sp³-hybridized carbons (Fsp3) is 0.394. The summed E-state index contributed by atoms with van der Waals surface area (Å²) in [4.78, 5) is 34.0. The van der Waals surface area contributed by atoms with Crippen molar-refractivity contribution in [1.82, 2.24) is 5.32 Å². The SMILES string of the molecule is CCCC[C@H](O)[C@@H](CC1CC1)C(=O)NC1N=C(c2ccc(C(F)(F)F)cc2)c2ccccc2N(Cc2ccc[n+]([O-])c2)C1=O. The number of unbranched alkanes of at least 4 members (excludes halogenated alkanes) is 1. The lowest BCUT2D eigenvalue weighted by atomic mass is 9.91. The lowest BCUT2D eigenvalue weighted by Crippen LogP contribution is -2.50. The molecule has 5 rings (SSSR count). The molecule has 8 nitrogen and oxygen atoms in total. The van der Waals surface area contributed by atoms with Crippen LogP contribution < -0.4 is 14.9 Å².